The minimum Gasteiger partial charge on any atom is -0.488 e. The van der Waals surface area contributed by atoms with Crippen molar-refractivity contribution in [3.63, 3.8) is 0 Å². The Balaban J connectivity index is 1.20. The molecule has 0 aromatic heterocycles. The number of carbonyl (C=O) groups is 2. The first-order valence-corrected chi connectivity index (χ1v) is 13.0. The fourth-order valence-electron chi connectivity index (χ4n) is 5.53. The number of nitrogens with one attached hydrogen (secondary N) is 1. The SMILES string of the molecule is CC(=O)N1CCC(Nc2cc(F)c3c(c2)C(=O)N(CCCN2CCc4ccccc4C2)CCO3)CC1. The van der Waals surface area contributed by atoms with Gasteiger partial charge in [0.15, 0.2) is 11.6 Å². The third-order valence-corrected chi connectivity index (χ3v) is 7.59. The van der Waals surface area contributed by atoms with Crippen molar-refractivity contribution in [1.29, 1.82) is 0 Å². The number of hydrogen-bond acceptors (Lipinski definition) is 5. The first-order chi connectivity index (χ1) is 17.5. The Morgan fingerprint density at radius 2 is 1.86 bits per heavy atom. The van der Waals surface area contributed by atoms with Crippen LogP contribution in [0.4, 0.5) is 10.1 Å². The van der Waals surface area contributed by atoms with E-state index in [0.717, 1.165) is 45.3 Å². The molecule has 36 heavy (non-hydrogen) atoms. The van der Waals surface area contributed by atoms with Crippen LogP contribution >= 0.6 is 0 Å². The van der Waals surface area contributed by atoms with E-state index in [1.807, 2.05) is 4.90 Å². The maximum Gasteiger partial charge on any atom is 0.257 e. The highest BCUT2D eigenvalue weighted by Gasteiger charge is 2.28. The van der Waals surface area contributed by atoms with Crippen LogP contribution in [-0.2, 0) is 17.8 Å². The van der Waals surface area contributed by atoms with Crippen molar-refractivity contribution in [1.82, 2.24) is 14.7 Å². The lowest BCUT2D eigenvalue weighted by Gasteiger charge is -2.32. The van der Waals surface area contributed by atoms with Gasteiger partial charge in [-0.2, -0.15) is 0 Å². The van der Waals surface area contributed by atoms with E-state index in [4.69, 9.17) is 4.74 Å². The molecular formula is C28H35FN4O3. The number of fused-ring (bicyclic) bond motifs is 2. The van der Waals surface area contributed by atoms with Crippen LogP contribution < -0.4 is 10.1 Å². The first-order valence-electron chi connectivity index (χ1n) is 13.0. The lowest BCUT2D eigenvalue weighted by molar-refractivity contribution is -0.129. The number of hydrogen-bond donors (Lipinski definition) is 1. The smallest absolute Gasteiger partial charge is 0.257 e. The Hall–Kier alpha value is -3.13. The predicted octanol–water partition coefficient (Wildman–Crippen LogP) is 3.53. The molecule has 2 amide bonds. The molecular weight excluding hydrogens is 459 g/mol. The second kappa shape index (κ2) is 10.9. The molecule has 2 aromatic rings. The lowest BCUT2D eigenvalue weighted by atomic mass is 10.00. The Bertz CT molecular complexity index is 1120. The van der Waals surface area contributed by atoms with Gasteiger partial charge in [0.1, 0.15) is 6.61 Å². The van der Waals surface area contributed by atoms with Crippen LogP contribution in [-0.4, -0.2) is 78.4 Å². The monoisotopic (exact) mass is 494 g/mol. The fraction of sp³-hybridized carbons (Fsp3) is 0.500. The summed E-state index contributed by atoms with van der Waals surface area (Å²) in [5, 5.41) is 3.37. The van der Waals surface area contributed by atoms with Crippen LogP contribution in [0.1, 0.15) is 47.7 Å². The molecule has 8 heteroatoms. The van der Waals surface area contributed by atoms with Crippen molar-refractivity contribution in [3.05, 3.63) is 58.9 Å². The highest BCUT2D eigenvalue weighted by molar-refractivity contribution is 5.98. The van der Waals surface area contributed by atoms with Crippen molar-refractivity contribution in [3.8, 4) is 5.75 Å². The van der Waals surface area contributed by atoms with Gasteiger partial charge in [-0.05, 0) is 42.9 Å². The van der Waals surface area contributed by atoms with E-state index in [1.165, 1.54) is 17.2 Å². The van der Waals surface area contributed by atoms with Crippen molar-refractivity contribution in [2.45, 2.75) is 45.2 Å². The Morgan fingerprint density at radius 3 is 2.64 bits per heavy atom. The zero-order valence-electron chi connectivity index (χ0n) is 21.0. The van der Waals surface area contributed by atoms with Crippen molar-refractivity contribution >= 4 is 17.5 Å². The molecule has 0 radical (unpaired) electrons. The molecule has 1 N–H and O–H groups in total. The van der Waals surface area contributed by atoms with Crippen LogP contribution in [0.25, 0.3) is 0 Å². The standard InChI is InChI=1S/C28H35FN4O3/c1-20(34)32-13-8-23(9-14-32)30-24-17-25-27(26(29)18-24)36-16-15-33(28(25)35)11-4-10-31-12-7-21-5-2-3-6-22(21)19-31/h2-3,5-6,17-18,23,30H,4,7-16,19H2,1H3. The van der Waals surface area contributed by atoms with Gasteiger partial charge in [0, 0.05) is 64.0 Å². The minimum absolute atomic E-state index is 0.0482. The number of rotatable bonds is 6. The molecule has 3 aliphatic rings. The minimum atomic E-state index is -0.515. The molecule has 1 saturated heterocycles. The lowest BCUT2D eigenvalue weighted by Crippen LogP contribution is -2.41. The summed E-state index contributed by atoms with van der Waals surface area (Å²) >= 11 is 0. The number of carbonyl (C=O) groups excluding carboxylic acids is 2. The maximum absolute atomic E-state index is 15.0. The summed E-state index contributed by atoms with van der Waals surface area (Å²) in [4.78, 5) is 31.0. The number of nitrogens with zero attached hydrogens (tertiary/aromatic N) is 3. The van der Waals surface area contributed by atoms with E-state index < -0.39 is 5.82 Å². The zero-order valence-corrected chi connectivity index (χ0v) is 21.0. The van der Waals surface area contributed by atoms with Gasteiger partial charge >= 0.3 is 0 Å². The molecule has 0 unspecified atom stereocenters. The van der Waals surface area contributed by atoms with Gasteiger partial charge < -0.3 is 19.9 Å². The molecule has 0 spiro atoms. The zero-order chi connectivity index (χ0) is 25.1. The highest BCUT2D eigenvalue weighted by Crippen LogP contribution is 2.31. The van der Waals surface area contributed by atoms with Crippen LogP contribution in [0.15, 0.2) is 36.4 Å². The molecule has 0 atom stereocenters. The number of anilines is 1. The van der Waals surface area contributed by atoms with Gasteiger partial charge in [-0.3, -0.25) is 14.5 Å². The quantitative estimate of drug-likeness (QED) is 0.666. The van der Waals surface area contributed by atoms with E-state index in [2.05, 4.69) is 34.5 Å². The summed E-state index contributed by atoms with van der Waals surface area (Å²) in [6.07, 6.45) is 3.49. The second-order valence-corrected chi connectivity index (χ2v) is 10.0. The van der Waals surface area contributed by atoms with Gasteiger partial charge in [-0.15, -0.1) is 0 Å². The second-order valence-electron chi connectivity index (χ2n) is 10.0. The maximum atomic E-state index is 15.0. The summed E-state index contributed by atoms with van der Waals surface area (Å²) in [5.41, 5.74) is 3.68. The molecule has 0 bridgehead atoms. The third-order valence-electron chi connectivity index (χ3n) is 7.59. The summed E-state index contributed by atoms with van der Waals surface area (Å²) < 4.78 is 20.6. The molecule has 3 heterocycles. The summed E-state index contributed by atoms with van der Waals surface area (Å²) in [7, 11) is 0. The summed E-state index contributed by atoms with van der Waals surface area (Å²) in [6, 6.07) is 11.8. The van der Waals surface area contributed by atoms with Gasteiger partial charge in [0.05, 0.1) is 12.1 Å². The van der Waals surface area contributed by atoms with Crippen molar-refractivity contribution < 1.29 is 18.7 Å². The number of halogens is 1. The van der Waals surface area contributed by atoms with Gasteiger partial charge in [0.2, 0.25) is 5.91 Å². The third kappa shape index (κ3) is 5.48. The Kier molecular flexibility index (Phi) is 7.41. The molecule has 1 fully saturated rings. The average Bonchev–Trinajstić information content (AvgIpc) is 3.03. The van der Waals surface area contributed by atoms with E-state index in [0.29, 0.717) is 31.9 Å². The first kappa shape index (κ1) is 24.6. The van der Waals surface area contributed by atoms with Gasteiger partial charge in [-0.1, -0.05) is 24.3 Å². The van der Waals surface area contributed by atoms with Crippen molar-refractivity contribution in [2.24, 2.45) is 0 Å². The van der Waals surface area contributed by atoms with Crippen LogP contribution in [0, 0.1) is 5.82 Å². The topological polar surface area (TPSA) is 65.1 Å². The fourth-order valence-corrected chi connectivity index (χ4v) is 5.53. The largest absolute Gasteiger partial charge is 0.488 e. The van der Waals surface area contributed by atoms with E-state index in [1.54, 1.807) is 17.9 Å². The molecule has 0 saturated carbocycles. The Morgan fingerprint density at radius 1 is 1.08 bits per heavy atom. The van der Waals surface area contributed by atoms with E-state index in [-0.39, 0.29) is 35.8 Å². The van der Waals surface area contributed by atoms with Crippen LogP contribution in [0.5, 0.6) is 5.75 Å². The van der Waals surface area contributed by atoms with E-state index in [9.17, 15) is 14.0 Å². The average molecular weight is 495 g/mol. The molecule has 192 valence electrons. The number of benzene rings is 2. The molecule has 3 aliphatic heterocycles. The molecule has 0 aliphatic carbocycles. The van der Waals surface area contributed by atoms with Crippen LogP contribution in [0.3, 0.4) is 0 Å². The van der Waals surface area contributed by atoms with E-state index >= 15 is 0 Å². The Labute approximate surface area is 212 Å². The number of amides is 2. The normalized spacial score (nSPS) is 18.8. The molecule has 7 nitrogen and oxygen atoms in total. The molecule has 5 rings (SSSR count). The number of ether oxygens (including phenoxy) is 1. The predicted molar refractivity (Wildman–Crippen MR) is 137 cm³/mol. The van der Waals surface area contributed by atoms with Gasteiger partial charge in [0.25, 0.3) is 5.91 Å². The summed E-state index contributed by atoms with van der Waals surface area (Å²) in [6.45, 7) is 7.18. The number of piperidine rings is 1. The van der Waals surface area contributed by atoms with Crippen molar-refractivity contribution in [2.75, 3.05) is 51.2 Å². The van der Waals surface area contributed by atoms with Crippen LogP contribution in [0.2, 0.25) is 0 Å². The summed E-state index contributed by atoms with van der Waals surface area (Å²) in [5.74, 6) is -0.566. The van der Waals surface area contributed by atoms with Gasteiger partial charge in [-0.25, -0.2) is 4.39 Å². The molecule has 2 aromatic carbocycles. The highest BCUT2D eigenvalue weighted by atomic mass is 19.1. The number of likely N-dealkylation sites (tertiary alicyclic amines) is 1.